The lowest BCUT2D eigenvalue weighted by Crippen LogP contribution is -2.12. The Kier molecular flexibility index (Phi) is 3.78. The second-order valence-electron chi connectivity index (χ2n) is 5.85. The summed E-state index contributed by atoms with van der Waals surface area (Å²) in [7, 11) is 0. The van der Waals surface area contributed by atoms with Crippen LogP contribution in [0.5, 0.6) is 0 Å². The number of anilines is 1. The highest BCUT2D eigenvalue weighted by atomic mass is 16.1. The van der Waals surface area contributed by atoms with Gasteiger partial charge in [-0.2, -0.15) is 9.61 Å². The number of nitrogens with one attached hydrogen (secondary N) is 2. The molecule has 6 heteroatoms. The van der Waals surface area contributed by atoms with Gasteiger partial charge in [-0.3, -0.25) is 4.79 Å². The summed E-state index contributed by atoms with van der Waals surface area (Å²) in [6.07, 6.45) is 1.80. The number of nitrogens with zero attached hydrogens (tertiary/aromatic N) is 3. The minimum atomic E-state index is -0.112. The zero-order chi connectivity index (χ0) is 17.2. The smallest absolute Gasteiger partial charge is 0.248 e. The lowest BCUT2D eigenvalue weighted by atomic mass is 10.1. The molecule has 0 bridgehead atoms. The number of benzene rings is 1. The summed E-state index contributed by atoms with van der Waals surface area (Å²) in [5.74, 6) is 0.821. The molecule has 4 rings (SSSR count). The molecular weight excluding hydrogens is 314 g/mol. The van der Waals surface area contributed by atoms with Crippen molar-refractivity contribution in [2.24, 2.45) is 0 Å². The molecule has 0 fully saturated rings. The van der Waals surface area contributed by atoms with Crippen molar-refractivity contribution >= 4 is 11.5 Å². The van der Waals surface area contributed by atoms with E-state index in [9.17, 15) is 4.79 Å². The third kappa shape index (κ3) is 3.01. The van der Waals surface area contributed by atoms with Gasteiger partial charge < -0.3 is 10.3 Å². The van der Waals surface area contributed by atoms with Crippen molar-refractivity contribution in [3.8, 4) is 11.3 Å². The normalized spacial score (nSPS) is 10.9. The van der Waals surface area contributed by atoms with E-state index in [-0.39, 0.29) is 5.56 Å². The number of hydrogen-bond donors (Lipinski definition) is 2. The van der Waals surface area contributed by atoms with Gasteiger partial charge in [0.15, 0.2) is 5.65 Å². The molecule has 0 aliphatic rings. The molecule has 6 nitrogen and oxygen atoms in total. The fourth-order valence-corrected chi connectivity index (χ4v) is 2.74. The Morgan fingerprint density at radius 2 is 1.96 bits per heavy atom. The standard InChI is InChI=1S/C19H17N5O/c1-13-11-21-24-17(20-12-15-8-5-9-18(25)22-15)10-16(23-19(13)24)14-6-3-2-4-7-14/h2-11,20H,12H2,1H3,(H,22,25). The molecule has 4 aromatic rings. The predicted octanol–water partition coefficient (Wildman–Crippen LogP) is 3.01. The summed E-state index contributed by atoms with van der Waals surface area (Å²) in [6, 6.07) is 17.1. The zero-order valence-electron chi connectivity index (χ0n) is 13.7. The molecule has 0 saturated heterocycles. The molecule has 0 radical (unpaired) electrons. The number of H-pyrrole nitrogens is 1. The van der Waals surface area contributed by atoms with Gasteiger partial charge in [0.05, 0.1) is 18.4 Å². The van der Waals surface area contributed by atoms with Crippen molar-refractivity contribution in [2.45, 2.75) is 13.5 Å². The van der Waals surface area contributed by atoms with Crippen LogP contribution in [0.3, 0.4) is 0 Å². The Hall–Kier alpha value is -3.41. The Morgan fingerprint density at radius 3 is 2.76 bits per heavy atom. The number of aryl methyl sites for hydroxylation is 1. The van der Waals surface area contributed by atoms with Crippen LogP contribution < -0.4 is 10.9 Å². The summed E-state index contributed by atoms with van der Waals surface area (Å²) in [5, 5.41) is 7.75. The quantitative estimate of drug-likeness (QED) is 0.603. The van der Waals surface area contributed by atoms with E-state index >= 15 is 0 Å². The average Bonchev–Trinajstić information content (AvgIpc) is 3.02. The van der Waals surface area contributed by atoms with E-state index in [1.54, 1.807) is 16.8 Å². The number of rotatable bonds is 4. The Labute approximate surface area is 144 Å². The van der Waals surface area contributed by atoms with Crippen molar-refractivity contribution in [1.82, 2.24) is 19.6 Å². The van der Waals surface area contributed by atoms with E-state index in [0.29, 0.717) is 6.54 Å². The first-order valence-electron chi connectivity index (χ1n) is 8.03. The van der Waals surface area contributed by atoms with E-state index < -0.39 is 0 Å². The summed E-state index contributed by atoms with van der Waals surface area (Å²) < 4.78 is 1.78. The predicted molar refractivity (Wildman–Crippen MR) is 97.5 cm³/mol. The van der Waals surface area contributed by atoms with E-state index in [1.165, 1.54) is 6.07 Å². The lowest BCUT2D eigenvalue weighted by molar-refractivity contribution is 0.915. The van der Waals surface area contributed by atoms with Crippen LogP contribution in [0.4, 0.5) is 5.82 Å². The maximum absolute atomic E-state index is 11.4. The lowest BCUT2D eigenvalue weighted by Gasteiger charge is -2.11. The third-order valence-electron chi connectivity index (χ3n) is 4.01. The number of pyridine rings is 1. The van der Waals surface area contributed by atoms with Gasteiger partial charge in [-0.25, -0.2) is 4.98 Å². The van der Waals surface area contributed by atoms with E-state index in [4.69, 9.17) is 4.98 Å². The molecule has 0 saturated carbocycles. The number of hydrogen-bond acceptors (Lipinski definition) is 4. The molecule has 0 spiro atoms. The topological polar surface area (TPSA) is 75.1 Å². The Bertz CT molecular complexity index is 1080. The van der Waals surface area contributed by atoms with Crippen molar-refractivity contribution in [2.75, 3.05) is 5.32 Å². The second kappa shape index (κ2) is 6.24. The van der Waals surface area contributed by atoms with Crippen molar-refractivity contribution in [1.29, 1.82) is 0 Å². The van der Waals surface area contributed by atoms with Gasteiger partial charge in [-0.15, -0.1) is 0 Å². The largest absolute Gasteiger partial charge is 0.364 e. The molecule has 0 atom stereocenters. The number of aromatic amines is 1. The highest BCUT2D eigenvalue weighted by Crippen LogP contribution is 2.23. The SMILES string of the molecule is Cc1cnn2c(NCc3cccc(=O)[nH]3)cc(-c3ccccc3)nc12. The molecular formula is C19H17N5O. The Balaban J connectivity index is 1.75. The first-order chi connectivity index (χ1) is 12.2. The van der Waals surface area contributed by atoms with Crippen LogP contribution in [0.15, 0.2) is 65.6 Å². The molecule has 25 heavy (non-hydrogen) atoms. The zero-order valence-corrected chi connectivity index (χ0v) is 13.7. The van der Waals surface area contributed by atoms with Crippen LogP contribution >= 0.6 is 0 Å². The van der Waals surface area contributed by atoms with Crippen LogP contribution in [-0.4, -0.2) is 19.6 Å². The van der Waals surface area contributed by atoms with E-state index in [0.717, 1.165) is 34.0 Å². The molecule has 3 aromatic heterocycles. The van der Waals surface area contributed by atoms with Crippen LogP contribution in [0.1, 0.15) is 11.3 Å². The molecule has 0 aliphatic heterocycles. The van der Waals surface area contributed by atoms with E-state index in [2.05, 4.69) is 15.4 Å². The molecule has 0 aliphatic carbocycles. The fourth-order valence-electron chi connectivity index (χ4n) is 2.74. The van der Waals surface area contributed by atoms with Gasteiger partial charge in [-0.05, 0) is 13.0 Å². The van der Waals surface area contributed by atoms with Crippen LogP contribution in [0, 0.1) is 6.92 Å². The van der Waals surface area contributed by atoms with Gasteiger partial charge in [-0.1, -0.05) is 36.4 Å². The molecule has 0 amide bonds. The summed E-state index contributed by atoms with van der Waals surface area (Å²) in [5.41, 5.74) is 4.43. The van der Waals surface area contributed by atoms with Crippen LogP contribution in [0.25, 0.3) is 16.9 Å². The van der Waals surface area contributed by atoms with Crippen LogP contribution in [-0.2, 0) is 6.54 Å². The number of aromatic nitrogens is 4. The molecule has 3 heterocycles. The molecule has 0 unspecified atom stereocenters. The summed E-state index contributed by atoms with van der Waals surface area (Å²) in [6.45, 7) is 2.48. The van der Waals surface area contributed by atoms with E-state index in [1.807, 2.05) is 49.4 Å². The third-order valence-corrected chi connectivity index (χ3v) is 4.01. The minimum absolute atomic E-state index is 0.112. The molecule has 2 N–H and O–H groups in total. The van der Waals surface area contributed by atoms with Crippen LogP contribution in [0.2, 0.25) is 0 Å². The summed E-state index contributed by atoms with van der Waals surface area (Å²) >= 11 is 0. The minimum Gasteiger partial charge on any atom is -0.364 e. The van der Waals surface area contributed by atoms with Crippen molar-refractivity contribution < 1.29 is 0 Å². The van der Waals surface area contributed by atoms with Gasteiger partial charge in [0.1, 0.15) is 5.82 Å². The van der Waals surface area contributed by atoms with Gasteiger partial charge >= 0.3 is 0 Å². The van der Waals surface area contributed by atoms with Gasteiger partial charge in [0.25, 0.3) is 0 Å². The maximum atomic E-state index is 11.4. The maximum Gasteiger partial charge on any atom is 0.248 e. The summed E-state index contributed by atoms with van der Waals surface area (Å²) in [4.78, 5) is 19.0. The molecule has 124 valence electrons. The first-order valence-corrected chi connectivity index (χ1v) is 8.03. The van der Waals surface area contributed by atoms with Crippen molar-refractivity contribution in [3.05, 3.63) is 82.4 Å². The number of fused-ring (bicyclic) bond motifs is 1. The highest BCUT2D eigenvalue weighted by Gasteiger charge is 2.10. The Morgan fingerprint density at radius 1 is 1.12 bits per heavy atom. The van der Waals surface area contributed by atoms with Gasteiger partial charge in [0, 0.05) is 29.0 Å². The molecule has 1 aromatic carbocycles. The fraction of sp³-hybridized carbons (Fsp3) is 0.105. The average molecular weight is 331 g/mol. The van der Waals surface area contributed by atoms with Crippen molar-refractivity contribution in [3.63, 3.8) is 0 Å². The van der Waals surface area contributed by atoms with Gasteiger partial charge in [0.2, 0.25) is 5.56 Å². The highest BCUT2D eigenvalue weighted by molar-refractivity contribution is 5.67. The first kappa shape index (κ1) is 15.1. The second-order valence-corrected chi connectivity index (χ2v) is 5.85. The monoisotopic (exact) mass is 331 g/mol.